The fourth-order valence-corrected chi connectivity index (χ4v) is 1.47. The van der Waals surface area contributed by atoms with Gasteiger partial charge in [-0.3, -0.25) is 0 Å². The summed E-state index contributed by atoms with van der Waals surface area (Å²) < 4.78 is 10.9. The average Bonchev–Trinajstić information content (AvgIpc) is 2.68. The zero-order valence-electron chi connectivity index (χ0n) is 8.93. The van der Waals surface area contributed by atoms with Crippen LogP contribution < -0.4 is 4.74 Å². The molecule has 1 heterocycles. The first-order valence-corrected chi connectivity index (χ1v) is 5.02. The molecule has 0 aliphatic rings. The van der Waals surface area contributed by atoms with Crippen molar-refractivity contribution in [2.45, 2.75) is 6.92 Å². The second kappa shape index (κ2) is 4.54. The monoisotopic (exact) mass is 213 g/mol. The lowest BCUT2D eigenvalue weighted by molar-refractivity contribution is 0.358. The Morgan fingerprint density at radius 1 is 1.44 bits per heavy atom. The number of rotatable bonds is 3. The molecule has 16 heavy (non-hydrogen) atoms. The third-order valence-electron chi connectivity index (χ3n) is 2.21. The van der Waals surface area contributed by atoms with Gasteiger partial charge in [-0.2, -0.15) is 5.26 Å². The molecule has 0 amide bonds. The number of ether oxygens (including phenoxy) is 1. The van der Waals surface area contributed by atoms with E-state index in [1.54, 1.807) is 0 Å². The summed E-state index contributed by atoms with van der Waals surface area (Å²) in [6, 6.07) is 9.45. The lowest BCUT2D eigenvalue weighted by Crippen LogP contribution is -1.93. The number of nitrogens with zero attached hydrogens (tertiary/aromatic N) is 1. The van der Waals surface area contributed by atoms with Gasteiger partial charge < -0.3 is 9.15 Å². The van der Waals surface area contributed by atoms with E-state index in [1.807, 2.05) is 49.4 Å². The van der Waals surface area contributed by atoms with Crippen molar-refractivity contribution in [3.05, 3.63) is 42.2 Å². The van der Waals surface area contributed by atoms with E-state index in [9.17, 15) is 0 Å². The van der Waals surface area contributed by atoms with Crippen molar-refractivity contribution < 1.29 is 9.15 Å². The van der Waals surface area contributed by atoms with Crippen molar-refractivity contribution in [2.75, 3.05) is 6.61 Å². The molecule has 0 fully saturated rings. The number of furan rings is 1. The molecule has 0 N–H and O–H groups in total. The SMILES string of the molecule is C/C=C/COc1c(C#N)oc2ccccc12. The molecule has 3 heteroatoms. The van der Waals surface area contributed by atoms with Gasteiger partial charge in [-0.25, -0.2) is 0 Å². The van der Waals surface area contributed by atoms with Gasteiger partial charge >= 0.3 is 0 Å². The number of allylic oxidation sites excluding steroid dienone is 1. The second-order valence-electron chi connectivity index (χ2n) is 3.25. The van der Waals surface area contributed by atoms with Gasteiger partial charge in [0.05, 0.1) is 5.39 Å². The summed E-state index contributed by atoms with van der Waals surface area (Å²) in [7, 11) is 0. The average molecular weight is 213 g/mol. The normalized spacial score (nSPS) is 10.8. The molecule has 2 aromatic rings. The van der Waals surface area contributed by atoms with E-state index in [-0.39, 0.29) is 5.76 Å². The molecule has 0 saturated carbocycles. The van der Waals surface area contributed by atoms with Crippen molar-refractivity contribution in [1.82, 2.24) is 0 Å². The van der Waals surface area contributed by atoms with E-state index in [0.717, 1.165) is 5.39 Å². The van der Waals surface area contributed by atoms with Crippen LogP contribution in [0.3, 0.4) is 0 Å². The Kier molecular flexibility index (Phi) is 2.93. The molecule has 0 aliphatic heterocycles. The van der Waals surface area contributed by atoms with E-state index < -0.39 is 0 Å². The molecule has 2 rings (SSSR count). The van der Waals surface area contributed by atoms with Gasteiger partial charge in [0.2, 0.25) is 5.76 Å². The van der Waals surface area contributed by atoms with Crippen molar-refractivity contribution in [2.24, 2.45) is 0 Å². The number of hydrogen-bond donors (Lipinski definition) is 0. The maximum Gasteiger partial charge on any atom is 0.246 e. The predicted molar refractivity (Wildman–Crippen MR) is 61.2 cm³/mol. The maximum atomic E-state index is 8.93. The smallest absolute Gasteiger partial charge is 0.246 e. The summed E-state index contributed by atoms with van der Waals surface area (Å²) >= 11 is 0. The number of fused-ring (bicyclic) bond motifs is 1. The molecule has 0 radical (unpaired) electrons. The Labute approximate surface area is 93.5 Å². The highest BCUT2D eigenvalue weighted by atomic mass is 16.5. The van der Waals surface area contributed by atoms with Gasteiger partial charge in [0, 0.05) is 0 Å². The minimum absolute atomic E-state index is 0.228. The molecule has 0 bridgehead atoms. The summed E-state index contributed by atoms with van der Waals surface area (Å²) in [5.74, 6) is 0.752. The highest BCUT2D eigenvalue weighted by molar-refractivity contribution is 5.86. The minimum atomic E-state index is 0.228. The highest BCUT2D eigenvalue weighted by Gasteiger charge is 2.13. The zero-order valence-corrected chi connectivity index (χ0v) is 8.93. The molecule has 80 valence electrons. The van der Waals surface area contributed by atoms with Crippen LogP contribution in [0, 0.1) is 11.3 Å². The van der Waals surface area contributed by atoms with Gasteiger partial charge in [0.25, 0.3) is 0 Å². The van der Waals surface area contributed by atoms with Crippen LogP contribution in [0.5, 0.6) is 5.75 Å². The van der Waals surface area contributed by atoms with Crippen LogP contribution in [0.1, 0.15) is 12.7 Å². The molecular formula is C13H11NO2. The van der Waals surface area contributed by atoms with Crippen LogP contribution in [-0.4, -0.2) is 6.61 Å². The number of para-hydroxylation sites is 1. The van der Waals surface area contributed by atoms with Gasteiger partial charge in [-0.15, -0.1) is 0 Å². The number of hydrogen-bond acceptors (Lipinski definition) is 3. The Bertz CT molecular complexity index is 561. The van der Waals surface area contributed by atoms with Gasteiger partial charge in [0.15, 0.2) is 5.75 Å². The Hall–Kier alpha value is -2.21. The largest absolute Gasteiger partial charge is 0.484 e. The van der Waals surface area contributed by atoms with Gasteiger partial charge in [-0.05, 0) is 19.1 Å². The first-order valence-electron chi connectivity index (χ1n) is 5.02. The second-order valence-corrected chi connectivity index (χ2v) is 3.25. The third-order valence-corrected chi connectivity index (χ3v) is 2.21. The van der Waals surface area contributed by atoms with Crippen molar-refractivity contribution >= 4 is 11.0 Å². The van der Waals surface area contributed by atoms with E-state index >= 15 is 0 Å². The van der Waals surface area contributed by atoms with E-state index in [2.05, 4.69) is 0 Å². The van der Waals surface area contributed by atoms with Crippen LogP contribution in [0.15, 0.2) is 40.8 Å². The Morgan fingerprint density at radius 2 is 2.25 bits per heavy atom. The van der Waals surface area contributed by atoms with Crippen molar-refractivity contribution in [3.8, 4) is 11.8 Å². The summed E-state index contributed by atoms with van der Waals surface area (Å²) in [5.41, 5.74) is 0.675. The molecule has 0 spiro atoms. The third kappa shape index (κ3) is 1.78. The first kappa shape index (κ1) is 10.3. The minimum Gasteiger partial charge on any atom is -0.484 e. The topological polar surface area (TPSA) is 46.2 Å². The molecule has 0 aliphatic carbocycles. The molecule has 1 aromatic carbocycles. The van der Waals surface area contributed by atoms with Gasteiger partial charge in [-0.1, -0.05) is 24.3 Å². The summed E-state index contributed by atoms with van der Waals surface area (Å²) in [6.07, 6.45) is 3.78. The quantitative estimate of drug-likeness (QED) is 0.735. The van der Waals surface area contributed by atoms with Crippen molar-refractivity contribution in [3.63, 3.8) is 0 Å². The predicted octanol–water partition coefficient (Wildman–Crippen LogP) is 3.26. The van der Waals surface area contributed by atoms with E-state index in [1.165, 1.54) is 0 Å². The van der Waals surface area contributed by atoms with Crippen LogP contribution in [-0.2, 0) is 0 Å². The number of benzene rings is 1. The van der Waals surface area contributed by atoms with E-state index in [0.29, 0.717) is 17.9 Å². The Balaban J connectivity index is 2.44. The van der Waals surface area contributed by atoms with Gasteiger partial charge in [0.1, 0.15) is 18.3 Å². The summed E-state index contributed by atoms with van der Waals surface area (Å²) in [6.45, 7) is 2.36. The lowest BCUT2D eigenvalue weighted by atomic mass is 10.2. The zero-order chi connectivity index (χ0) is 11.4. The number of nitriles is 1. The first-order chi connectivity index (χ1) is 7.86. The van der Waals surface area contributed by atoms with Crippen LogP contribution in [0.2, 0.25) is 0 Å². The summed E-state index contributed by atoms with van der Waals surface area (Å²) in [4.78, 5) is 0. The fraction of sp³-hybridized carbons (Fsp3) is 0.154. The van der Waals surface area contributed by atoms with Crippen LogP contribution in [0.25, 0.3) is 11.0 Å². The molecule has 0 unspecified atom stereocenters. The lowest BCUT2D eigenvalue weighted by Gasteiger charge is -1.99. The molecule has 0 atom stereocenters. The van der Waals surface area contributed by atoms with Crippen molar-refractivity contribution in [1.29, 1.82) is 5.26 Å². The summed E-state index contributed by atoms with van der Waals surface area (Å²) in [5, 5.41) is 9.77. The highest BCUT2D eigenvalue weighted by Crippen LogP contribution is 2.32. The molecule has 0 saturated heterocycles. The van der Waals surface area contributed by atoms with Crippen LogP contribution in [0.4, 0.5) is 0 Å². The van der Waals surface area contributed by atoms with Crippen LogP contribution >= 0.6 is 0 Å². The molecular weight excluding hydrogens is 202 g/mol. The molecule has 1 aromatic heterocycles. The Morgan fingerprint density at radius 3 is 3.00 bits per heavy atom. The standard InChI is InChI=1S/C13H11NO2/c1-2-3-8-15-13-10-6-4-5-7-11(10)16-12(13)9-14/h2-7H,8H2,1H3/b3-2+. The maximum absolute atomic E-state index is 8.93. The fourth-order valence-electron chi connectivity index (χ4n) is 1.47. The molecule has 3 nitrogen and oxygen atoms in total. The van der Waals surface area contributed by atoms with E-state index in [4.69, 9.17) is 14.4 Å².